The number of hydrogen-bond donors (Lipinski definition) is 2. The molecule has 1 rings (SSSR count). The molecule has 78 valence electrons. The Morgan fingerprint density at radius 1 is 1.50 bits per heavy atom. The molecule has 14 heavy (non-hydrogen) atoms. The Balaban J connectivity index is 2.62. The number of imide groups is 1. The van der Waals surface area contributed by atoms with Gasteiger partial charge in [-0.2, -0.15) is 0 Å². The molecule has 1 aliphatic rings. The summed E-state index contributed by atoms with van der Waals surface area (Å²) < 4.78 is 4.68. The van der Waals surface area contributed by atoms with E-state index in [1.165, 1.54) is 6.92 Å². The number of hydrogen-bond acceptors (Lipinski definition) is 4. The minimum atomic E-state index is -1.18. The molecule has 0 aliphatic carbocycles. The highest BCUT2D eigenvalue weighted by atomic mass is 16.5. The van der Waals surface area contributed by atoms with Crippen LogP contribution in [0.2, 0.25) is 0 Å². The highest BCUT2D eigenvalue weighted by Crippen LogP contribution is 2.14. The van der Waals surface area contributed by atoms with Crippen molar-refractivity contribution in [2.24, 2.45) is 0 Å². The van der Waals surface area contributed by atoms with Gasteiger partial charge in [-0.15, -0.1) is 0 Å². The molecule has 0 bridgehead atoms. The third kappa shape index (κ3) is 2.01. The smallest absolute Gasteiger partial charge is 0.322 e. The maximum absolute atomic E-state index is 11.2. The van der Waals surface area contributed by atoms with E-state index >= 15 is 0 Å². The first-order chi connectivity index (χ1) is 6.48. The van der Waals surface area contributed by atoms with Gasteiger partial charge < -0.3 is 10.1 Å². The summed E-state index contributed by atoms with van der Waals surface area (Å²) in [6, 6.07) is -0.582. The van der Waals surface area contributed by atoms with Crippen molar-refractivity contribution < 1.29 is 19.1 Å². The van der Waals surface area contributed by atoms with Gasteiger partial charge in [0.05, 0.1) is 13.0 Å². The summed E-state index contributed by atoms with van der Waals surface area (Å²) in [5.41, 5.74) is -1.18. The summed E-state index contributed by atoms with van der Waals surface area (Å²) in [7, 11) is 0. The molecule has 6 heteroatoms. The van der Waals surface area contributed by atoms with Crippen molar-refractivity contribution >= 4 is 17.9 Å². The molecule has 6 nitrogen and oxygen atoms in total. The Bertz CT molecular complexity index is 289. The molecule has 1 aliphatic heterocycles. The van der Waals surface area contributed by atoms with Crippen LogP contribution in [0.4, 0.5) is 4.79 Å². The van der Waals surface area contributed by atoms with E-state index in [0.29, 0.717) is 0 Å². The van der Waals surface area contributed by atoms with Crippen LogP contribution in [0.3, 0.4) is 0 Å². The zero-order valence-electron chi connectivity index (χ0n) is 8.05. The van der Waals surface area contributed by atoms with Crippen LogP contribution in [-0.2, 0) is 14.3 Å². The van der Waals surface area contributed by atoms with Crippen molar-refractivity contribution in [3.8, 4) is 0 Å². The van der Waals surface area contributed by atoms with Gasteiger partial charge in [0.1, 0.15) is 5.54 Å². The van der Waals surface area contributed by atoms with Gasteiger partial charge in [-0.3, -0.25) is 14.9 Å². The second-order valence-electron chi connectivity index (χ2n) is 3.22. The van der Waals surface area contributed by atoms with E-state index in [1.807, 2.05) is 0 Å². The maximum Gasteiger partial charge on any atom is 0.322 e. The Labute approximate surface area is 81.0 Å². The summed E-state index contributed by atoms with van der Waals surface area (Å²) >= 11 is 0. The summed E-state index contributed by atoms with van der Waals surface area (Å²) in [6.45, 7) is 3.40. The van der Waals surface area contributed by atoms with Crippen LogP contribution in [0.1, 0.15) is 20.3 Å². The number of rotatable bonds is 3. The van der Waals surface area contributed by atoms with E-state index in [4.69, 9.17) is 0 Å². The number of carbonyl (C=O) groups excluding carboxylic acids is 3. The molecule has 2 N–H and O–H groups in total. The molecule has 0 radical (unpaired) electrons. The molecule has 1 fully saturated rings. The van der Waals surface area contributed by atoms with Gasteiger partial charge in [-0.1, -0.05) is 0 Å². The molecule has 1 atom stereocenters. The number of carbonyl (C=O) groups is 3. The first-order valence-corrected chi connectivity index (χ1v) is 4.27. The molecule has 0 aromatic heterocycles. The second-order valence-corrected chi connectivity index (χ2v) is 3.22. The van der Waals surface area contributed by atoms with Crippen molar-refractivity contribution in [3.63, 3.8) is 0 Å². The van der Waals surface area contributed by atoms with Crippen LogP contribution in [-0.4, -0.2) is 30.1 Å². The molecule has 1 heterocycles. The fourth-order valence-electron chi connectivity index (χ4n) is 1.20. The lowest BCUT2D eigenvalue weighted by atomic mass is 9.99. The zero-order valence-corrected chi connectivity index (χ0v) is 8.05. The standard InChI is InChI=1S/C8H12N2O4/c1-3-14-5(11)4-8(2)6(12)9-7(13)10-8/h3-4H2,1-2H3,(H2,9,10,12,13). The van der Waals surface area contributed by atoms with Crippen molar-refractivity contribution in [1.82, 2.24) is 10.6 Å². The van der Waals surface area contributed by atoms with Gasteiger partial charge >= 0.3 is 12.0 Å². The third-order valence-electron chi connectivity index (χ3n) is 1.92. The Hall–Kier alpha value is -1.59. The topological polar surface area (TPSA) is 84.5 Å². The third-order valence-corrected chi connectivity index (χ3v) is 1.92. The van der Waals surface area contributed by atoms with Gasteiger partial charge in [-0.05, 0) is 13.8 Å². The molecule has 0 spiro atoms. The number of ether oxygens (including phenoxy) is 1. The van der Waals surface area contributed by atoms with E-state index < -0.39 is 23.4 Å². The Morgan fingerprint density at radius 2 is 2.14 bits per heavy atom. The molecule has 1 unspecified atom stereocenters. The fraction of sp³-hybridized carbons (Fsp3) is 0.625. The minimum Gasteiger partial charge on any atom is -0.466 e. The highest BCUT2D eigenvalue weighted by Gasteiger charge is 2.43. The monoisotopic (exact) mass is 200 g/mol. The van der Waals surface area contributed by atoms with E-state index in [-0.39, 0.29) is 13.0 Å². The van der Waals surface area contributed by atoms with Crippen LogP contribution < -0.4 is 10.6 Å². The largest absolute Gasteiger partial charge is 0.466 e. The quantitative estimate of drug-likeness (QED) is 0.477. The molecule has 0 aromatic rings. The van der Waals surface area contributed by atoms with Crippen molar-refractivity contribution in [2.45, 2.75) is 25.8 Å². The lowest BCUT2D eigenvalue weighted by Gasteiger charge is -2.18. The Morgan fingerprint density at radius 3 is 2.57 bits per heavy atom. The number of nitrogens with one attached hydrogen (secondary N) is 2. The normalized spacial score (nSPS) is 25.6. The lowest BCUT2D eigenvalue weighted by molar-refractivity contribution is -0.146. The van der Waals surface area contributed by atoms with Crippen molar-refractivity contribution in [2.75, 3.05) is 6.61 Å². The van der Waals surface area contributed by atoms with Crippen LogP contribution in [0, 0.1) is 0 Å². The van der Waals surface area contributed by atoms with Gasteiger partial charge in [0.15, 0.2) is 0 Å². The van der Waals surface area contributed by atoms with E-state index in [9.17, 15) is 14.4 Å². The minimum absolute atomic E-state index is 0.154. The van der Waals surface area contributed by atoms with Gasteiger partial charge in [0, 0.05) is 0 Å². The van der Waals surface area contributed by atoms with Crippen LogP contribution in [0.15, 0.2) is 0 Å². The molecule has 1 saturated heterocycles. The van der Waals surface area contributed by atoms with Gasteiger partial charge in [0.25, 0.3) is 5.91 Å². The van der Waals surface area contributed by atoms with Crippen LogP contribution in [0.25, 0.3) is 0 Å². The average molecular weight is 200 g/mol. The summed E-state index contributed by atoms with van der Waals surface area (Å²) in [5, 5.41) is 4.43. The predicted octanol–water partition coefficient (Wildman–Crippen LogP) is -0.462. The number of esters is 1. The van der Waals surface area contributed by atoms with Crippen molar-refractivity contribution in [3.05, 3.63) is 0 Å². The second kappa shape index (κ2) is 3.65. The maximum atomic E-state index is 11.2. The average Bonchev–Trinajstić information content (AvgIpc) is 2.25. The van der Waals surface area contributed by atoms with E-state index in [1.54, 1.807) is 6.92 Å². The van der Waals surface area contributed by atoms with Crippen LogP contribution in [0.5, 0.6) is 0 Å². The first-order valence-electron chi connectivity index (χ1n) is 4.27. The van der Waals surface area contributed by atoms with Crippen molar-refractivity contribution in [1.29, 1.82) is 0 Å². The number of amides is 3. The SMILES string of the molecule is CCOC(=O)CC1(C)NC(=O)NC1=O. The van der Waals surface area contributed by atoms with Gasteiger partial charge in [0.2, 0.25) is 0 Å². The molecule has 0 saturated carbocycles. The van der Waals surface area contributed by atoms with Crippen LogP contribution >= 0.6 is 0 Å². The zero-order chi connectivity index (χ0) is 10.8. The van der Waals surface area contributed by atoms with E-state index in [2.05, 4.69) is 15.4 Å². The summed E-state index contributed by atoms with van der Waals surface area (Å²) in [4.78, 5) is 33.2. The van der Waals surface area contributed by atoms with E-state index in [0.717, 1.165) is 0 Å². The predicted molar refractivity (Wildman–Crippen MR) is 46.3 cm³/mol. The fourth-order valence-corrected chi connectivity index (χ4v) is 1.20. The number of urea groups is 1. The molecular weight excluding hydrogens is 188 g/mol. The Kier molecular flexibility index (Phi) is 2.73. The first kappa shape index (κ1) is 10.5. The summed E-state index contributed by atoms with van der Waals surface area (Å²) in [5.74, 6) is -1.01. The highest BCUT2D eigenvalue weighted by molar-refractivity contribution is 6.08. The molecule has 0 aromatic carbocycles. The van der Waals surface area contributed by atoms with Gasteiger partial charge in [-0.25, -0.2) is 4.79 Å². The molecule has 3 amide bonds. The molecular formula is C8H12N2O4. The lowest BCUT2D eigenvalue weighted by Crippen LogP contribution is -2.45. The summed E-state index contributed by atoms with van der Waals surface area (Å²) in [6.07, 6.45) is -0.154.